The fourth-order valence-electron chi connectivity index (χ4n) is 10.2. The molecule has 9 aromatic rings. The molecule has 1 aromatic heterocycles. The number of nitrogens with zero attached hydrogens (tertiary/aromatic N) is 1. The molecule has 0 aliphatic heterocycles. The Balaban J connectivity index is 0.000000158. The van der Waals surface area contributed by atoms with Gasteiger partial charge in [-0.25, -0.2) is 0 Å². The number of anilines is 2. The molecule has 0 amide bonds. The molecule has 2 heteroatoms. The molecule has 2 bridgehead atoms. The lowest BCUT2D eigenvalue weighted by atomic mass is 9.85. The van der Waals surface area contributed by atoms with Crippen molar-refractivity contribution in [3.8, 4) is 33.4 Å². The molecule has 0 saturated heterocycles. The predicted molar refractivity (Wildman–Crippen MR) is 309 cm³/mol. The Hall–Kier alpha value is -7.42. The molecule has 1 N–H and O–H groups in total. The second-order valence-electron chi connectivity index (χ2n) is 18.2. The summed E-state index contributed by atoms with van der Waals surface area (Å²) in [5.41, 5.74) is 18.7. The fourth-order valence-corrected chi connectivity index (χ4v) is 10.2. The Morgan fingerprint density at radius 3 is 1.59 bits per heavy atom. The quantitative estimate of drug-likeness (QED) is 0.143. The first-order valence-corrected chi connectivity index (χ1v) is 25.5. The minimum absolute atomic E-state index is 0.388. The van der Waals surface area contributed by atoms with Crippen molar-refractivity contribution in [1.29, 1.82) is 0 Å². The molecule has 0 radical (unpaired) electrons. The van der Waals surface area contributed by atoms with E-state index in [-0.39, 0.29) is 0 Å². The van der Waals surface area contributed by atoms with Gasteiger partial charge in [0.25, 0.3) is 0 Å². The molecule has 70 heavy (non-hydrogen) atoms. The van der Waals surface area contributed by atoms with Gasteiger partial charge in [0, 0.05) is 28.0 Å². The van der Waals surface area contributed by atoms with E-state index in [0.717, 1.165) is 22.8 Å². The molecule has 1 heterocycles. The first-order valence-electron chi connectivity index (χ1n) is 25.5. The van der Waals surface area contributed by atoms with Crippen molar-refractivity contribution >= 4 is 44.3 Å². The van der Waals surface area contributed by atoms with Gasteiger partial charge >= 0.3 is 0 Å². The van der Waals surface area contributed by atoms with Gasteiger partial charge in [-0.3, -0.25) is 0 Å². The standard InChI is InChI=1S/C28H28N2.C21H18.C15H14.2C2H6/c1-18(2)30-26-11-7-6-10-22(26)24-15-14-23(25-17-19-12-13-20(25)16-19)27(28(24)30)29-21-8-4-3-5-9-21;1-16(2)20-13-6-7-14-21(20)19-12-8-11-18(15-19)17-9-4-3-5-10-17;1-12(2)14-10-6-7-11-15(14)13-8-4-3-5-9-13;2*1-2/h3-15,18-20,25,29H,16-17H2,1-2H3;3-15H,1H2,2H3;3-11H,1H2,2H3;2*1-2H3/t19-,20?,25?;;;;/m0..../s1. The molecule has 2 aliphatic rings. The molecular weight excluding hydrogens is 845 g/mol. The largest absolute Gasteiger partial charge is 0.354 e. The van der Waals surface area contributed by atoms with Crippen LogP contribution in [0.15, 0.2) is 226 Å². The van der Waals surface area contributed by atoms with E-state index < -0.39 is 0 Å². The molecule has 3 atom stereocenters. The Morgan fingerprint density at radius 2 is 1.01 bits per heavy atom. The SMILES string of the molecule is C=C(C)c1ccccc1-c1cccc(-c2ccccc2)c1.C=C(C)c1ccccc1-c1ccccc1.CC.CC.CC(C)n1c2ccccc2c2ccc(C3C[C@H]4C=CC3C4)c(Nc3ccccc3)c21. The van der Waals surface area contributed by atoms with E-state index in [2.05, 4.69) is 244 Å². The molecule has 354 valence electrons. The van der Waals surface area contributed by atoms with Crippen molar-refractivity contribution in [1.82, 2.24) is 4.57 Å². The smallest absolute Gasteiger partial charge is 0.0735 e. The van der Waals surface area contributed by atoms with Gasteiger partial charge in [0.15, 0.2) is 0 Å². The van der Waals surface area contributed by atoms with E-state index in [9.17, 15) is 0 Å². The van der Waals surface area contributed by atoms with Gasteiger partial charge in [0.05, 0.1) is 11.2 Å². The Bertz CT molecular complexity index is 3150. The summed E-state index contributed by atoms with van der Waals surface area (Å²) >= 11 is 0. The Morgan fingerprint density at radius 1 is 0.500 bits per heavy atom. The summed E-state index contributed by atoms with van der Waals surface area (Å²) in [6.45, 7) is 24.8. The highest BCUT2D eigenvalue weighted by Gasteiger charge is 2.38. The minimum atomic E-state index is 0.388. The molecule has 1 fully saturated rings. The first-order chi connectivity index (χ1) is 34.2. The topological polar surface area (TPSA) is 17.0 Å². The summed E-state index contributed by atoms with van der Waals surface area (Å²) in [6, 6.07) is 71.0. The molecule has 2 unspecified atom stereocenters. The van der Waals surface area contributed by atoms with Crippen LogP contribution >= 0.6 is 0 Å². The third kappa shape index (κ3) is 11.4. The monoisotopic (exact) mass is 917 g/mol. The van der Waals surface area contributed by atoms with Crippen LogP contribution in [0.4, 0.5) is 11.4 Å². The summed E-state index contributed by atoms with van der Waals surface area (Å²) in [5.74, 6) is 2.05. The van der Waals surface area contributed by atoms with Crippen LogP contribution in [0.5, 0.6) is 0 Å². The number of nitrogens with one attached hydrogen (secondary N) is 1. The predicted octanol–water partition coefficient (Wildman–Crippen LogP) is 20.3. The maximum Gasteiger partial charge on any atom is 0.0735 e. The maximum absolute atomic E-state index is 4.09. The third-order valence-electron chi connectivity index (χ3n) is 13.3. The van der Waals surface area contributed by atoms with Crippen LogP contribution in [0.3, 0.4) is 0 Å². The zero-order chi connectivity index (χ0) is 49.6. The fraction of sp³-hybridized carbons (Fsp3) is 0.206. The van der Waals surface area contributed by atoms with E-state index in [1.165, 1.54) is 90.4 Å². The number of fused-ring (bicyclic) bond motifs is 5. The number of hydrogen-bond acceptors (Lipinski definition) is 1. The van der Waals surface area contributed by atoms with Gasteiger partial charge in [-0.15, -0.1) is 0 Å². The van der Waals surface area contributed by atoms with Crippen LogP contribution < -0.4 is 5.32 Å². The van der Waals surface area contributed by atoms with Crippen molar-refractivity contribution in [2.75, 3.05) is 5.32 Å². The Labute approximate surface area is 419 Å². The normalized spacial score (nSPS) is 15.1. The Kier molecular flexibility index (Phi) is 17.5. The minimum Gasteiger partial charge on any atom is -0.354 e. The van der Waals surface area contributed by atoms with Crippen molar-refractivity contribution in [2.24, 2.45) is 11.8 Å². The first kappa shape index (κ1) is 50.5. The molecule has 1 saturated carbocycles. The molecular formula is C68H72N2. The van der Waals surface area contributed by atoms with Gasteiger partial charge in [0.1, 0.15) is 0 Å². The number of allylic oxidation sites excluding steroid dienone is 4. The molecule has 0 spiro atoms. The van der Waals surface area contributed by atoms with Crippen LogP contribution in [-0.2, 0) is 0 Å². The average Bonchev–Trinajstić information content (AvgIpc) is 4.16. The van der Waals surface area contributed by atoms with E-state index in [0.29, 0.717) is 17.9 Å². The van der Waals surface area contributed by atoms with Crippen LogP contribution in [0, 0.1) is 11.8 Å². The zero-order valence-electron chi connectivity index (χ0n) is 42.8. The molecule has 8 aromatic carbocycles. The van der Waals surface area contributed by atoms with Gasteiger partial charge < -0.3 is 9.88 Å². The molecule has 2 aliphatic carbocycles. The highest BCUT2D eigenvalue weighted by atomic mass is 15.0. The average molecular weight is 917 g/mol. The van der Waals surface area contributed by atoms with Crippen molar-refractivity contribution < 1.29 is 0 Å². The molecule has 11 rings (SSSR count). The summed E-state index contributed by atoms with van der Waals surface area (Å²) in [4.78, 5) is 0. The van der Waals surface area contributed by atoms with E-state index >= 15 is 0 Å². The highest BCUT2D eigenvalue weighted by molar-refractivity contribution is 6.13. The van der Waals surface area contributed by atoms with Crippen molar-refractivity contribution in [3.63, 3.8) is 0 Å². The number of rotatable bonds is 9. The maximum atomic E-state index is 4.09. The second kappa shape index (κ2) is 24.2. The number of benzene rings is 8. The van der Waals surface area contributed by atoms with Crippen LogP contribution in [0.1, 0.15) is 96.9 Å². The third-order valence-corrected chi connectivity index (χ3v) is 13.3. The van der Waals surface area contributed by atoms with Crippen LogP contribution in [0.25, 0.3) is 66.3 Å². The van der Waals surface area contributed by atoms with Gasteiger partial charge in [0.2, 0.25) is 0 Å². The van der Waals surface area contributed by atoms with Crippen LogP contribution in [0.2, 0.25) is 0 Å². The lowest BCUT2D eigenvalue weighted by Gasteiger charge is -2.25. The summed E-state index contributed by atoms with van der Waals surface area (Å²) in [7, 11) is 0. The number of para-hydroxylation sites is 2. The van der Waals surface area contributed by atoms with E-state index in [4.69, 9.17) is 0 Å². The highest BCUT2D eigenvalue weighted by Crippen LogP contribution is 2.52. The summed E-state index contributed by atoms with van der Waals surface area (Å²) < 4.78 is 2.53. The lowest BCUT2D eigenvalue weighted by Crippen LogP contribution is -2.10. The van der Waals surface area contributed by atoms with E-state index in [1.54, 1.807) is 0 Å². The van der Waals surface area contributed by atoms with Gasteiger partial charge in [-0.05, 0) is 133 Å². The lowest BCUT2D eigenvalue weighted by molar-refractivity contribution is 0.586. The van der Waals surface area contributed by atoms with Gasteiger partial charge in [-0.2, -0.15) is 0 Å². The van der Waals surface area contributed by atoms with Crippen LogP contribution in [-0.4, -0.2) is 4.57 Å². The molecule has 2 nitrogen and oxygen atoms in total. The summed E-state index contributed by atoms with van der Waals surface area (Å²) in [6.07, 6.45) is 7.50. The van der Waals surface area contributed by atoms with Crippen molar-refractivity contribution in [2.45, 2.75) is 80.2 Å². The number of aromatic nitrogens is 1. The second-order valence-corrected chi connectivity index (χ2v) is 18.2. The van der Waals surface area contributed by atoms with Crippen molar-refractivity contribution in [3.05, 3.63) is 242 Å². The zero-order valence-corrected chi connectivity index (χ0v) is 42.8. The van der Waals surface area contributed by atoms with E-state index in [1.807, 2.05) is 46.8 Å². The van der Waals surface area contributed by atoms with Gasteiger partial charge in [-0.1, -0.05) is 240 Å². The number of hydrogen-bond donors (Lipinski definition) is 1. The summed E-state index contributed by atoms with van der Waals surface area (Å²) in [5, 5.41) is 6.55.